The van der Waals surface area contributed by atoms with Gasteiger partial charge in [0.15, 0.2) is 0 Å². The summed E-state index contributed by atoms with van der Waals surface area (Å²) in [6.07, 6.45) is 0. The smallest absolute Gasteiger partial charge is 0.348 e. The second-order valence-electron chi connectivity index (χ2n) is 4.70. The van der Waals surface area contributed by atoms with Crippen LogP contribution in [-0.4, -0.2) is 21.8 Å². The van der Waals surface area contributed by atoms with Crippen molar-refractivity contribution in [3.05, 3.63) is 56.0 Å². The topological polar surface area (TPSA) is 112 Å². The van der Waals surface area contributed by atoms with Crippen LogP contribution in [0.15, 0.2) is 43.1 Å². The molecule has 1 amide bonds. The van der Waals surface area contributed by atoms with Crippen molar-refractivity contribution in [2.24, 2.45) is 5.10 Å². The first kappa shape index (κ1) is 16.8. The summed E-state index contributed by atoms with van der Waals surface area (Å²) >= 11 is 3.19. The molecule has 0 aliphatic carbocycles. The summed E-state index contributed by atoms with van der Waals surface area (Å²) in [7, 11) is 0. The van der Waals surface area contributed by atoms with E-state index in [1.165, 1.54) is 32.0 Å². The SMILES string of the molecule is CC(=NNC(=O)c1cc(Br)ccc1O)c1c(O)cc(C)oc1=O. The number of aryl methyl sites for hydroxylation is 1. The summed E-state index contributed by atoms with van der Waals surface area (Å²) in [4.78, 5) is 23.8. The molecule has 2 rings (SSSR count). The number of carbonyl (C=O) groups excluding carboxylic acids is 1. The van der Waals surface area contributed by atoms with Crippen LogP contribution >= 0.6 is 15.9 Å². The van der Waals surface area contributed by atoms with Gasteiger partial charge in [0.05, 0.1) is 11.3 Å². The number of phenols is 1. The summed E-state index contributed by atoms with van der Waals surface area (Å²) in [5.74, 6) is -0.915. The third kappa shape index (κ3) is 3.78. The molecule has 0 saturated heterocycles. The lowest BCUT2D eigenvalue weighted by atomic mass is 10.2. The Morgan fingerprint density at radius 2 is 1.96 bits per heavy atom. The first-order valence-electron chi connectivity index (χ1n) is 6.47. The van der Waals surface area contributed by atoms with Crippen LogP contribution < -0.4 is 11.1 Å². The van der Waals surface area contributed by atoms with Crippen LogP contribution in [0.3, 0.4) is 0 Å². The highest BCUT2D eigenvalue weighted by Gasteiger charge is 2.15. The fourth-order valence-corrected chi connectivity index (χ4v) is 2.23. The van der Waals surface area contributed by atoms with Crippen molar-refractivity contribution in [2.75, 3.05) is 0 Å². The Balaban J connectivity index is 2.28. The molecule has 0 spiro atoms. The molecule has 1 aromatic carbocycles. The lowest BCUT2D eigenvalue weighted by Gasteiger charge is -2.06. The molecule has 7 nitrogen and oxygen atoms in total. The molecule has 0 radical (unpaired) electrons. The Labute approximate surface area is 139 Å². The first-order chi connectivity index (χ1) is 10.8. The van der Waals surface area contributed by atoms with Crippen LogP contribution in [0.2, 0.25) is 0 Å². The number of benzene rings is 1. The second-order valence-corrected chi connectivity index (χ2v) is 5.62. The van der Waals surface area contributed by atoms with Gasteiger partial charge in [0.1, 0.15) is 22.8 Å². The Morgan fingerprint density at radius 1 is 1.26 bits per heavy atom. The minimum Gasteiger partial charge on any atom is -0.507 e. The average molecular weight is 381 g/mol. The van der Waals surface area contributed by atoms with Crippen molar-refractivity contribution in [1.82, 2.24) is 5.43 Å². The summed E-state index contributed by atoms with van der Waals surface area (Å²) in [6, 6.07) is 5.64. The van der Waals surface area contributed by atoms with Gasteiger partial charge in [-0.1, -0.05) is 15.9 Å². The summed E-state index contributed by atoms with van der Waals surface area (Å²) in [5.41, 5.74) is 1.38. The van der Waals surface area contributed by atoms with Crippen molar-refractivity contribution >= 4 is 27.5 Å². The zero-order chi connectivity index (χ0) is 17.1. The molecule has 0 bridgehead atoms. The largest absolute Gasteiger partial charge is 0.507 e. The number of hydrogen-bond donors (Lipinski definition) is 3. The number of nitrogens with zero attached hydrogens (tertiary/aromatic N) is 1. The monoisotopic (exact) mass is 380 g/mol. The first-order valence-corrected chi connectivity index (χ1v) is 7.26. The van der Waals surface area contributed by atoms with Crippen molar-refractivity contribution in [1.29, 1.82) is 0 Å². The maximum Gasteiger partial charge on any atom is 0.348 e. The van der Waals surface area contributed by atoms with Crippen LogP contribution in [0.1, 0.15) is 28.6 Å². The van der Waals surface area contributed by atoms with Gasteiger partial charge in [-0.15, -0.1) is 0 Å². The highest BCUT2D eigenvalue weighted by Crippen LogP contribution is 2.21. The number of aromatic hydroxyl groups is 2. The van der Waals surface area contributed by atoms with E-state index in [0.29, 0.717) is 4.47 Å². The van der Waals surface area contributed by atoms with Gasteiger partial charge in [-0.3, -0.25) is 4.79 Å². The lowest BCUT2D eigenvalue weighted by Crippen LogP contribution is -2.21. The van der Waals surface area contributed by atoms with Gasteiger partial charge >= 0.3 is 5.63 Å². The van der Waals surface area contributed by atoms with E-state index < -0.39 is 11.5 Å². The molecule has 8 heteroatoms. The van der Waals surface area contributed by atoms with Crippen molar-refractivity contribution < 1.29 is 19.4 Å². The van der Waals surface area contributed by atoms with Gasteiger partial charge in [-0.05, 0) is 32.0 Å². The van der Waals surface area contributed by atoms with E-state index in [1.807, 2.05) is 0 Å². The fraction of sp³-hybridized carbons (Fsp3) is 0.133. The second kappa shape index (κ2) is 6.66. The van der Waals surface area contributed by atoms with Gasteiger partial charge in [-0.25, -0.2) is 10.2 Å². The van der Waals surface area contributed by atoms with Crippen LogP contribution in [0, 0.1) is 6.92 Å². The maximum absolute atomic E-state index is 12.0. The Hall–Kier alpha value is -2.61. The van der Waals surface area contributed by atoms with Crippen LogP contribution in [0.4, 0.5) is 0 Å². The summed E-state index contributed by atoms with van der Waals surface area (Å²) in [5, 5.41) is 23.2. The molecular weight excluding hydrogens is 368 g/mol. The number of nitrogens with one attached hydrogen (secondary N) is 1. The summed E-state index contributed by atoms with van der Waals surface area (Å²) < 4.78 is 5.49. The molecule has 0 unspecified atom stereocenters. The van der Waals surface area contributed by atoms with Gasteiger partial charge in [0, 0.05) is 10.5 Å². The van der Waals surface area contributed by atoms with E-state index in [-0.39, 0.29) is 34.1 Å². The number of carbonyl (C=O) groups is 1. The van der Waals surface area contributed by atoms with Crippen molar-refractivity contribution in [3.8, 4) is 11.5 Å². The molecule has 1 aromatic heterocycles. The lowest BCUT2D eigenvalue weighted by molar-refractivity contribution is 0.0952. The number of halogens is 1. The third-order valence-corrected chi connectivity index (χ3v) is 3.44. The molecule has 120 valence electrons. The molecule has 0 atom stereocenters. The van der Waals surface area contributed by atoms with E-state index in [9.17, 15) is 19.8 Å². The van der Waals surface area contributed by atoms with Gasteiger partial charge in [-0.2, -0.15) is 5.10 Å². The molecule has 0 fully saturated rings. The highest BCUT2D eigenvalue weighted by molar-refractivity contribution is 9.10. The highest BCUT2D eigenvalue weighted by atomic mass is 79.9. The van der Waals surface area contributed by atoms with Crippen molar-refractivity contribution in [3.63, 3.8) is 0 Å². The number of amides is 1. The Bertz CT molecular complexity index is 857. The van der Waals surface area contributed by atoms with Crippen LogP contribution in [0.25, 0.3) is 0 Å². The molecule has 1 heterocycles. The van der Waals surface area contributed by atoms with E-state index in [2.05, 4.69) is 26.5 Å². The quantitative estimate of drug-likeness (QED) is 0.558. The standard InChI is InChI=1S/C15H13BrN2O5/c1-7-5-12(20)13(15(22)23-7)8(2)17-18-14(21)10-6-9(16)3-4-11(10)19/h3-6,19-20H,1-2H3,(H,18,21). The fourth-order valence-electron chi connectivity index (χ4n) is 1.87. The number of phenolic OH excluding ortho intramolecular Hbond substituents is 1. The van der Waals surface area contributed by atoms with E-state index in [0.717, 1.165) is 0 Å². The van der Waals surface area contributed by atoms with E-state index in [1.54, 1.807) is 6.07 Å². The molecule has 2 aromatic rings. The number of hydrogen-bond acceptors (Lipinski definition) is 6. The van der Waals surface area contributed by atoms with E-state index >= 15 is 0 Å². The average Bonchev–Trinajstić information content (AvgIpc) is 2.46. The van der Waals surface area contributed by atoms with Gasteiger partial charge < -0.3 is 14.6 Å². The number of rotatable bonds is 3. The summed E-state index contributed by atoms with van der Waals surface area (Å²) in [6.45, 7) is 2.96. The Kier molecular flexibility index (Phi) is 4.85. The molecule has 0 saturated carbocycles. The Morgan fingerprint density at radius 3 is 2.61 bits per heavy atom. The number of hydrazone groups is 1. The van der Waals surface area contributed by atoms with Gasteiger partial charge in [0.2, 0.25) is 0 Å². The normalized spacial score (nSPS) is 11.3. The van der Waals surface area contributed by atoms with E-state index in [4.69, 9.17) is 4.42 Å². The predicted octanol–water partition coefficient (Wildman–Crippen LogP) is 2.28. The minimum atomic E-state index is -0.761. The minimum absolute atomic E-state index is 0.0103. The zero-order valence-electron chi connectivity index (χ0n) is 12.3. The molecular formula is C15H13BrN2O5. The molecule has 3 N–H and O–H groups in total. The molecule has 0 aliphatic heterocycles. The zero-order valence-corrected chi connectivity index (χ0v) is 13.8. The predicted molar refractivity (Wildman–Crippen MR) is 86.9 cm³/mol. The molecule has 0 aliphatic rings. The maximum atomic E-state index is 12.0. The van der Waals surface area contributed by atoms with Crippen molar-refractivity contribution in [2.45, 2.75) is 13.8 Å². The van der Waals surface area contributed by atoms with Gasteiger partial charge in [0.25, 0.3) is 5.91 Å². The molecule has 23 heavy (non-hydrogen) atoms. The third-order valence-electron chi connectivity index (χ3n) is 2.94. The van der Waals surface area contributed by atoms with Crippen LogP contribution in [-0.2, 0) is 0 Å². The van der Waals surface area contributed by atoms with Crippen LogP contribution in [0.5, 0.6) is 11.5 Å².